The first-order valence-corrected chi connectivity index (χ1v) is 10.7. The first-order valence-electron chi connectivity index (χ1n) is 10.7. The van der Waals surface area contributed by atoms with Gasteiger partial charge in [-0.1, -0.05) is 6.42 Å². The lowest BCUT2D eigenvalue weighted by molar-refractivity contribution is -0.0964. The molecule has 1 spiro atoms. The van der Waals surface area contributed by atoms with Crippen LogP contribution in [0.25, 0.3) is 0 Å². The van der Waals surface area contributed by atoms with Crippen molar-refractivity contribution in [2.75, 3.05) is 19.8 Å². The molecule has 0 amide bonds. The molecular formula is C23H30O4. The van der Waals surface area contributed by atoms with Gasteiger partial charge in [0.2, 0.25) is 0 Å². The van der Waals surface area contributed by atoms with E-state index in [1.54, 1.807) is 0 Å². The number of hydrogen-bond acceptors (Lipinski definition) is 4. The van der Waals surface area contributed by atoms with Gasteiger partial charge in [-0.3, -0.25) is 0 Å². The minimum atomic E-state index is -0.512. The van der Waals surface area contributed by atoms with E-state index in [2.05, 4.69) is 19.9 Å². The zero-order chi connectivity index (χ0) is 18.8. The molecule has 0 aromatic heterocycles. The van der Waals surface area contributed by atoms with Gasteiger partial charge in [-0.15, -0.1) is 0 Å². The van der Waals surface area contributed by atoms with Crippen molar-refractivity contribution in [3.8, 4) is 11.5 Å². The highest BCUT2D eigenvalue weighted by Crippen LogP contribution is 2.76. The quantitative estimate of drug-likeness (QED) is 0.801. The van der Waals surface area contributed by atoms with E-state index in [9.17, 15) is 5.11 Å². The summed E-state index contributed by atoms with van der Waals surface area (Å²) in [5, 5.41) is 11.1. The minimum absolute atomic E-state index is 0.0309. The van der Waals surface area contributed by atoms with Gasteiger partial charge in [0.1, 0.15) is 5.60 Å². The second kappa shape index (κ2) is 5.91. The normalized spacial score (nSPS) is 32.3. The summed E-state index contributed by atoms with van der Waals surface area (Å²) in [6.07, 6.45) is 8.82. The number of benzene rings is 1. The average Bonchev–Trinajstić information content (AvgIpc) is 3.34. The lowest BCUT2D eigenvalue weighted by Gasteiger charge is -2.57. The molecule has 0 aliphatic heterocycles. The largest absolute Gasteiger partial charge is 0.504 e. The van der Waals surface area contributed by atoms with Gasteiger partial charge in [0, 0.05) is 29.1 Å². The first kappa shape index (κ1) is 17.4. The third kappa shape index (κ3) is 1.83. The van der Waals surface area contributed by atoms with Gasteiger partial charge < -0.3 is 19.3 Å². The Balaban J connectivity index is 1.81. The van der Waals surface area contributed by atoms with Crippen molar-refractivity contribution in [3.05, 3.63) is 34.1 Å². The van der Waals surface area contributed by atoms with Gasteiger partial charge in [0.05, 0.1) is 19.0 Å². The summed E-state index contributed by atoms with van der Waals surface area (Å²) in [6, 6.07) is 0. The van der Waals surface area contributed by atoms with Crippen molar-refractivity contribution in [1.29, 1.82) is 0 Å². The second-order valence-electron chi connectivity index (χ2n) is 8.24. The van der Waals surface area contributed by atoms with Crippen molar-refractivity contribution in [2.24, 2.45) is 5.92 Å². The number of phenolic OH excluding ortho intramolecular Hbond substituents is 1. The third-order valence-electron chi connectivity index (χ3n) is 7.30. The SMILES string of the molecule is CCOC1=C[C@]2(OCC)c3c(OCC)c(O)c4c(c3[C@@]23CCC[C@@H]13)CCC4. The van der Waals surface area contributed by atoms with Crippen LogP contribution in [-0.4, -0.2) is 24.9 Å². The summed E-state index contributed by atoms with van der Waals surface area (Å²) in [5.74, 6) is 2.49. The Labute approximate surface area is 161 Å². The molecule has 0 heterocycles. The summed E-state index contributed by atoms with van der Waals surface area (Å²) < 4.78 is 18.7. The molecule has 1 N–H and O–H groups in total. The molecule has 4 heteroatoms. The lowest BCUT2D eigenvalue weighted by atomic mass is 9.50. The number of hydrogen-bond donors (Lipinski definition) is 1. The molecular weight excluding hydrogens is 340 g/mol. The highest BCUT2D eigenvalue weighted by Gasteiger charge is 2.74. The molecule has 1 fully saturated rings. The Kier molecular flexibility index (Phi) is 3.81. The summed E-state index contributed by atoms with van der Waals surface area (Å²) in [4.78, 5) is 0. The topological polar surface area (TPSA) is 47.9 Å². The Bertz CT molecular complexity index is 826. The van der Waals surface area contributed by atoms with E-state index >= 15 is 0 Å². The Hall–Kier alpha value is -1.68. The molecule has 1 aromatic rings. The van der Waals surface area contributed by atoms with E-state index in [1.807, 2.05) is 6.92 Å². The maximum absolute atomic E-state index is 11.1. The number of ether oxygens (including phenoxy) is 3. The van der Waals surface area contributed by atoms with Gasteiger partial charge in [-0.2, -0.15) is 0 Å². The van der Waals surface area contributed by atoms with E-state index in [0.717, 1.165) is 49.0 Å². The van der Waals surface area contributed by atoms with Crippen LogP contribution in [0, 0.1) is 5.92 Å². The van der Waals surface area contributed by atoms with Crippen LogP contribution in [-0.2, 0) is 33.3 Å². The van der Waals surface area contributed by atoms with Crippen LogP contribution in [0.1, 0.15) is 68.7 Å². The molecule has 4 aliphatic carbocycles. The van der Waals surface area contributed by atoms with Crippen LogP contribution >= 0.6 is 0 Å². The van der Waals surface area contributed by atoms with Crippen molar-refractivity contribution in [3.63, 3.8) is 0 Å². The lowest BCUT2D eigenvalue weighted by Crippen LogP contribution is -2.59. The molecule has 3 atom stereocenters. The average molecular weight is 370 g/mol. The van der Waals surface area contributed by atoms with E-state index < -0.39 is 5.60 Å². The molecule has 1 saturated carbocycles. The highest BCUT2D eigenvalue weighted by atomic mass is 16.5. The molecule has 27 heavy (non-hydrogen) atoms. The van der Waals surface area contributed by atoms with Gasteiger partial charge in [-0.25, -0.2) is 0 Å². The van der Waals surface area contributed by atoms with Gasteiger partial charge in [0.15, 0.2) is 11.5 Å². The molecule has 0 saturated heterocycles. The van der Waals surface area contributed by atoms with E-state index in [4.69, 9.17) is 14.2 Å². The molecule has 1 aromatic carbocycles. The van der Waals surface area contributed by atoms with Crippen LogP contribution < -0.4 is 4.74 Å². The molecule has 0 unspecified atom stereocenters. The van der Waals surface area contributed by atoms with Crippen LogP contribution in [0.5, 0.6) is 11.5 Å². The predicted molar refractivity (Wildman–Crippen MR) is 103 cm³/mol. The van der Waals surface area contributed by atoms with Crippen LogP contribution in [0.3, 0.4) is 0 Å². The minimum Gasteiger partial charge on any atom is -0.504 e. The van der Waals surface area contributed by atoms with Gasteiger partial charge in [0.25, 0.3) is 0 Å². The van der Waals surface area contributed by atoms with Crippen LogP contribution in [0.15, 0.2) is 11.8 Å². The monoisotopic (exact) mass is 370 g/mol. The van der Waals surface area contributed by atoms with Crippen LogP contribution in [0.4, 0.5) is 0 Å². The van der Waals surface area contributed by atoms with E-state index in [-0.39, 0.29) is 5.41 Å². The number of rotatable bonds is 6. The van der Waals surface area contributed by atoms with E-state index in [0.29, 0.717) is 37.2 Å². The first-order chi connectivity index (χ1) is 13.2. The van der Waals surface area contributed by atoms with Gasteiger partial charge >= 0.3 is 0 Å². The van der Waals surface area contributed by atoms with Crippen molar-refractivity contribution in [2.45, 2.75) is 70.3 Å². The Morgan fingerprint density at radius 3 is 2.52 bits per heavy atom. The molecule has 4 nitrogen and oxygen atoms in total. The molecule has 146 valence electrons. The fraction of sp³-hybridized carbons (Fsp3) is 0.652. The third-order valence-corrected chi connectivity index (χ3v) is 7.30. The number of fused-ring (bicyclic) bond motifs is 4. The number of allylic oxidation sites excluding steroid dienone is 1. The fourth-order valence-corrected chi connectivity index (χ4v) is 6.69. The van der Waals surface area contributed by atoms with Crippen molar-refractivity contribution >= 4 is 0 Å². The molecule has 5 rings (SSSR count). The summed E-state index contributed by atoms with van der Waals surface area (Å²) in [5.41, 5.74) is 4.47. The second-order valence-corrected chi connectivity index (χ2v) is 8.24. The Morgan fingerprint density at radius 1 is 1.00 bits per heavy atom. The van der Waals surface area contributed by atoms with Crippen LogP contribution in [0.2, 0.25) is 0 Å². The summed E-state index contributed by atoms with van der Waals surface area (Å²) in [7, 11) is 0. The Morgan fingerprint density at radius 2 is 1.78 bits per heavy atom. The number of aromatic hydroxyl groups is 1. The molecule has 4 aliphatic rings. The zero-order valence-corrected chi connectivity index (χ0v) is 16.7. The fourth-order valence-electron chi connectivity index (χ4n) is 6.69. The van der Waals surface area contributed by atoms with Crippen molar-refractivity contribution < 1.29 is 19.3 Å². The zero-order valence-electron chi connectivity index (χ0n) is 16.7. The maximum Gasteiger partial charge on any atom is 0.167 e. The van der Waals surface area contributed by atoms with Crippen molar-refractivity contribution in [1.82, 2.24) is 0 Å². The predicted octanol–water partition coefficient (Wildman–Crippen LogP) is 4.50. The molecule has 0 radical (unpaired) electrons. The standard InChI is InChI=1S/C23H30O4/c1-4-25-17-13-23(27-6-3)19-18(22(23)12-8-11-16(17)22)14-9-7-10-15(14)20(24)21(19)26-5-2/h13,16,24H,4-12H2,1-3H3/t16-,22-,23-/m0/s1. The maximum atomic E-state index is 11.1. The highest BCUT2D eigenvalue weighted by molar-refractivity contribution is 5.75. The summed E-state index contributed by atoms with van der Waals surface area (Å²) >= 11 is 0. The van der Waals surface area contributed by atoms with E-state index in [1.165, 1.54) is 17.5 Å². The van der Waals surface area contributed by atoms with Gasteiger partial charge in [-0.05, 0) is 70.1 Å². The smallest absolute Gasteiger partial charge is 0.167 e. The summed E-state index contributed by atoms with van der Waals surface area (Å²) in [6.45, 7) is 7.95. The number of phenols is 1. The molecule has 0 bridgehead atoms.